The zero-order chi connectivity index (χ0) is 12.1. The summed E-state index contributed by atoms with van der Waals surface area (Å²) >= 11 is 6.21. The van der Waals surface area contributed by atoms with Crippen LogP contribution < -0.4 is 0 Å². The Morgan fingerprint density at radius 3 is 3.18 bits per heavy atom. The molecular weight excluding hydrogens is 252 g/mol. The molecule has 5 heteroatoms. The maximum absolute atomic E-state index is 5.63. The average Bonchev–Trinajstić information content (AvgIpc) is 2.72. The van der Waals surface area contributed by atoms with Crippen molar-refractivity contribution < 1.29 is 4.42 Å². The minimum absolute atomic E-state index is 0.719. The number of fused-ring (bicyclic) bond motifs is 1. The number of hydrogen-bond donors (Lipinski definition) is 0. The van der Waals surface area contributed by atoms with Gasteiger partial charge in [0.1, 0.15) is 5.52 Å². The zero-order valence-corrected chi connectivity index (χ0v) is 11.1. The van der Waals surface area contributed by atoms with Crippen molar-refractivity contribution in [3.63, 3.8) is 0 Å². The highest BCUT2D eigenvalue weighted by atomic mass is 32.2. The van der Waals surface area contributed by atoms with Crippen LogP contribution in [-0.4, -0.2) is 15.9 Å². The number of oxazole rings is 1. The SMILES string of the molecule is CCCCSc1nc2ccc(N=C=S)cc2o1. The van der Waals surface area contributed by atoms with E-state index in [4.69, 9.17) is 4.42 Å². The van der Waals surface area contributed by atoms with E-state index in [1.165, 1.54) is 12.8 Å². The molecule has 0 spiro atoms. The summed E-state index contributed by atoms with van der Waals surface area (Å²) in [4.78, 5) is 8.31. The molecule has 2 aromatic rings. The van der Waals surface area contributed by atoms with Crippen molar-refractivity contribution in [1.29, 1.82) is 0 Å². The Labute approximate surface area is 109 Å². The summed E-state index contributed by atoms with van der Waals surface area (Å²) in [6.45, 7) is 2.17. The molecular formula is C12H12N2OS2. The number of isothiocyanates is 1. The van der Waals surface area contributed by atoms with Gasteiger partial charge in [0.15, 0.2) is 5.58 Å². The van der Waals surface area contributed by atoms with Gasteiger partial charge < -0.3 is 4.42 Å². The third kappa shape index (κ3) is 3.16. The molecule has 0 aliphatic heterocycles. The molecule has 0 fully saturated rings. The van der Waals surface area contributed by atoms with E-state index in [-0.39, 0.29) is 0 Å². The number of benzene rings is 1. The quantitative estimate of drug-likeness (QED) is 0.346. The summed E-state index contributed by atoms with van der Waals surface area (Å²) in [6, 6.07) is 5.56. The molecule has 2 rings (SSSR count). The van der Waals surface area contributed by atoms with Gasteiger partial charge in [-0.3, -0.25) is 0 Å². The number of aliphatic imine (C=N–C) groups is 1. The smallest absolute Gasteiger partial charge is 0.256 e. The van der Waals surface area contributed by atoms with Crippen LogP contribution in [0.2, 0.25) is 0 Å². The van der Waals surface area contributed by atoms with Crippen molar-refractivity contribution in [1.82, 2.24) is 4.98 Å². The zero-order valence-electron chi connectivity index (χ0n) is 9.47. The van der Waals surface area contributed by atoms with E-state index in [0.717, 1.165) is 27.8 Å². The van der Waals surface area contributed by atoms with Crippen LogP contribution in [0.3, 0.4) is 0 Å². The predicted molar refractivity (Wildman–Crippen MR) is 74.3 cm³/mol. The monoisotopic (exact) mass is 264 g/mol. The maximum atomic E-state index is 5.63. The molecule has 1 heterocycles. The fourth-order valence-electron chi connectivity index (χ4n) is 1.38. The summed E-state index contributed by atoms with van der Waals surface area (Å²) in [5.41, 5.74) is 2.34. The minimum atomic E-state index is 0.719. The van der Waals surface area contributed by atoms with Crippen LogP contribution in [0.25, 0.3) is 11.1 Å². The van der Waals surface area contributed by atoms with Crippen LogP contribution in [0.5, 0.6) is 0 Å². The van der Waals surface area contributed by atoms with Crippen molar-refractivity contribution in [2.75, 3.05) is 5.75 Å². The summed E-state index contributed by atoms with van der Waals surface area (Å²) in [7, 11) is 0. The number of rotatable bonds is 5. The van der Waals surface area contributed by atoms with E-state index in [2.05, 4.69) is 34.3 Å². The van der Waals surface area contributed by atoms with Crippen LogP contribution in [0.4, 0.5) is 5.69 Å². The molecule has 0 aliphatic carbocycles. The maximum Gasteiger partial charge on any atom is 0.256 e. The summed E-state index contributed by atoms with van der Waals surface area (Å²) in [6.07, 6.45) is 2.35. The first-order valence-electron chi connectivity index (χ1n) is 5.44. The highest BCUT2D eigenvalue weighted by Crippen LogP contribution is 2.26. The van der Waals surface area contributed by atoms with E-state index in [0.29, 0.717) is 0 Å². The van der Waals surface area contributed by atoms with Crippen molar-refractivity contribution in [3.05, 3.63) is 18.2 Å². The first-order valence-corrected chi connectivity index (χ1v) is 6.84. The van der Waals surface area contributed by atoms with Crippen LogP contribution in [0, 0.1) is 0 Å². The third-order valence-electron chi connectivity index (χ3n) is 2.25. The van der Waals surface area contributed by atoms with Gasteiger partial charge in [0.25, 0.3) is 5.22 Å². The normalized spacial score (nSPS) is 10.4. The van der Waals surface area contributed by atoms with Gasteiger partial charge in [0.05, 0.1) is 10.8 Å². The Bertz CT molecular complexity index is 559. The number of nitrogens with zero attached hydrogens (tertiary/aromatic N) is 2. The van der Waals surface area contributed by atoms with Gasteiger partial charge in [-0.1, -0.05) is 25.1 Å². The van der Waals surface area contributed by atoms with Crippen LogP contribution in [-0.2, 0) is 0 Å². The van der Waals surface area contributed by atoms with Gasteiger partial charge in [-0.25, -0.2) is 4.98 Å². The lowest BCUT2D eigenvalue weighted by atomic mass is 10.3. The lowest BCUT2D eigenvalue weighted by molar-refractivity contribution is 0.489. The van der Waals surface area contributed by atoms with Gasteiger partial charge in [0.2, 0.25) is 0 Å². The molecule has 3 nitrogen and oxygen atoms in total. The van der Waals surface area contributed by atoms with Crippen molar-refractivity contribution >= 4 is 45.9 Å². The van der Waals surface area contributed by atoms with E-state index in [9.17, 15) is 0 Å². The van der Waals surface area contributed by atoms with E-state index in [1.54, 1.807) is 11.8 Å². The van der Waals surface area contributed by atoms with Crippen LogP contribution >= 0.6 is 24.0 Å². The number of hydrogen-bond acceptors (Lipinski definition) is 5. The Hall–Kier alpha value is -1.16. The largest absolute Gasteiger partial charge is 0.431 e. The first kappa shape index (κ1) is 12.3. The van der Waals surface area contributed by atoms with Crippen LogP contribution in [0.1, 0.15) is 19.8 Å². The Morgan fingerprint density at radius 1 is 1.53 bits per heavy atom. The molecule has 0 radical (unpaired) electrons. The highest BCUT2D eigenvalue weighted by molar-refractivity contribution is 7.99. The number of thioether (sulfide) groups is 1. The lowest BCUT2D eigenvalue weighted by Gasteiger charge is -1.92. The fourth-order valence-corrected chi connectivity index (χ4v) is 2.40. The second-order valence-corrected chi connectivity index (χ2v) is 4.77. The van der Waals surface area contributed by atoms with Crippen LogP contribution in [0.15, 0.2) is 32.8 Å². The summed E-state index contributed by atoms with van der Waals surface area (Å²) in [5, 5.41) is 3.06. The number of thiocarbonyl (C=S) groups is 1. The molecule has 0 saturated carbocycles. The van der Waals surface area contributed by atoms with Crippen molar-refractivity contribution in [2.45, 2.75) is 25.0 Å². The van der Waals surface area contributed by atoms with Gasteiger partial charge in [-0.2, -0.15) is 4.99 Å². The van der Waals surface area contributed by atoms with Gasteiger partial charge in [-0.05, 0) is 30.8 Å². The lowest BCUT2D eigenvalue weighted by Crippen LogP contribution is -1.77. The Morgan fingerprint density at radius 2 is 2.41 bits per heavy atom. The molecule has 0 saturated heterocycles. The minimum Gasteiger partial charge on any atom is -0.431 e. The standard InChI is InChI=1S/C12H12N2OS2/c1-2-3-6-17-12-14-10-5-4-9(13-8-16)7-11(10)15-12/h4-5,7H,2-3,6H2,1H3. The first-order chi connectivity index (χ1) is 8.33. The van der Waals surface area contributed by atoms with Gasteiger partial charge in [0, 0.05) is 11.8 Å². The second kappa shape index (κ2) is 5.96. The van der Waals surface area contributed by atoms with E-state index in [1.807, 2.05) is 18.2 Å². The Kier molecular flexibility index (Phi) is 4.31. The highest BCUT2D eigenvalue weighted by Gasteiger charge is 2.06. The number of unbranched alkanes of at least 4 members (excludes halogenated alkanes) is 1. The molecule has 0 amide bonds. The molecule has 1 aromatic heterocycles. The molecule has 0 unspecified atom stereocenters. The third-order valence-corrected chi connectivity index (χ3v) is 3.26. The van der Waals surface area contributed by atoms with E-state index < -0.39 is 0 Å². The van der Waals surface area contributed by atoms with Gasteiger partial charge >= 0.3 is 0 Å². The summed E-state index contributed by atoms with van der Waals surface area (Å²) < 4.78 is 5.63. The topological polar surface area (TPSA) is 38.4 Å². The fraction of sp³-hybridized carbons (Fsp3) is 0.333. The van der Waals surface area contributed by atoms with E-state index >= 15 is 0 Å². The molecule has 0 aliphatic rings. The second-order valence-electron chi connectivity index (χ2n) is 3.54. The van der Waals surface area contributed by atoms with Gasteiger partial charge in [-0.15, -0.1) is 0 Å². The van der Waals surface area contributed by atoms with Crippen molar-refractivity contribution in [2.24, 2.45) is 4.99 Å². The number of aromatic nitrogens is 1. The average molecular weight is 264 g/mol. The Balaban J connectivity index is 2.21. The summed E-state index contributed by atoms with van der Waals surface area (Å²) in [5.74, 6) is 1.04. The predicted octanol–water partition coefficient (Wildman–Crippen LogP) is 4.45. The molecule has 88 valence electrons. The molecule has 0 atom stereocenters. The molecule has 0 bridgehead atoms. The van der Waals surface area contributed by atoms with Crippen molar-refractivity contribution in [3.8, 4) is 0 Å². The molecule has 0 N–H and O–H groups in total. The molecule has 1 aromatic carbocycles. The molecule has 17 heavy (non-hydrogen) atoms.